The molecule has 0 atom stereocenters. The summed E-state index contributed by atoms with van der Waals surface area (Å²) in [4.78, 5) is 21.9. The van der Waals surface area contributed by atoms with Crippen LogP contribution in [0.25, 0.3) is 0 Å². The third-order valence-corrected chi connectivity index (χ3v) is 1.78. The molecular formula is C12H14NO3+. The van der Waals surface area contributed by atoms with Gasteiger partial charge in [-0.05, 0) is 24.3 Å². The summed E-state index contributed by atoms with van der Waals surface area (Å²) < 4.78 is 5.03. The van der Waals surface area contributed by atoms with Crippen LogP contribution in [0.15, 0.2) is 24.3 Å². The van der Waals surface area contributed by atoms with E-state index in [0.717, 1.165) is 0 Å². The summed E-state index contributed by atoms with van der Waals surface area (Å²) in [6, 6.07) is 6.64. The van der Waals surface area contributed by atoms with Crippen molar-refractivity contribution in [1.82, 2.24) is 0 Å². The smallest absolute Gasteiger partial charge is 0.356 e. The van der Waals surface area contributed by atoms with Crippen molar-refractivity contribution >= 4 is 17.6 Å². The van der Waals surface area contributed by atoms with E-state index in [4.69, 9.17) is 4.74 Å². The molecule has 4 nitrogen and oxygen atoms in total. The molecule has 0 aliphatic heterocycles. The maximum Gasteiger partial charge on any atom is 0.356 e. The molecule has 0 bridgehead atoms. The molecular weight excluding hydrogens is 206 g/mol. The highest BCUT2D eigenvalue weighted by atomic mass is 16.5. The standard InChI is InChI=1S/C12H13NO3/c1-3-4-12(15)16-11-7-5-10(6-8-11)13-9(2)14/h3,5-8H,4H2,1-2H3/p+1. The van der Waals surface area contributed by atoms with Gasteiger partial charge in [-0.1, -0.05) is 0 Å². The van der Waals surface area contributed by atoms with Gasteiger partial charge in [0.1, 0.15) is 5.75 Å². The minimum Gasteiger partial charge on any atom is -0.423 e. The normalized spacial score (nSPS) is 9.38. The van der Waals surface area contributed by atoms with Crippen molar-refractivity contribution in [2.24, 2.45) is 0 Å². The van der Waals surface area contributed by atoms with Gasteiger partial charge in [-0.15, -0.1) is 0 Å². The molecule has 0 unspecified atom stereocenters. The van der Waals surface area contributed by atoms with Gasteiger partial charge in [-0.25, -0.2) is 4.79 Å². The first-order chi connectivity index (χ1) is 7.61. The molecule has 84 valence electrons. The zero-order valence-electron chi connectivity index (χ0n) is 9.32. The molecule has 1 rings (SSSR count). The van der Waals surface area contributed by atoms with Crippen LogP contribution < -0.4 is 10.1 Å². The Bertz CT molecular complexity index is 370. The number of carbonyl (C=O) groups excluding carboxylic acids is 2. The van der Waals surface area contributed by atoms with Crippen LogP contribution >= 0.6 is 0 Å². The van der Waals surface area contributed by atoms with Crippen molar-refractivity contribution in [3.05, 3.63) is 30.7 Å². The third-order valence-electron chi connectivity index (χ3n) is 1.78. The van der Waals surface area contributed by atoms with E-state index >= 15 is 0 Å². The van der Waals surface area contributed by atoms with Crippen molar-refractivity contribution in [2.45, 2.75) is 20.3 Å². The molecule has 0 aliphatic carbocycles. The van der Waals surface area contributed by atoms with Gasteiger partial charge in [0.15, 0.2) is 6.42 Å². The zero-order chi connectivity index (χ0) is 12.0. The van der Waals surface area contributed by atoms with Crippen LogP contribution in [0.2, 0.25) is 0 Å². The second-order valence-electron chi connectivity index (χ2n) is 3.29. The van der Waals surface area contributed by atoms with E-state index < -0.39 is 0 Å². The molecule has 0 aromatic heterocycles. The van der Waals surface area contributed by atoms with E-state index in [2.05, 4.69) is 5.32 Å². The molecule has 1 amide bonds. The van der Waals surface area contributed by atoms with Crippen LogP contribution in [0.4, 0.5) is 5.69 Å². The van der Waals surface area contributed by atoms with E-state index in [1.807, 2.05) is 0 Å². The van der Waals surface area contributed by atoms with Crippen LogP contribution in [-0.4, -0.2) is 11.9 Å². The first kappa shape index (κ1) is 12.1. The fraction of sp³-hybridized carbons (Fsp3) is 0.250. The summed E-state index contributed by atoms with van der Waals surface area (Å²) in [6.07, 6.45) is 2.02. The first-order valence-corrected chi connectivity index (χ1v) is 4.98. The Hall–Kier alpha value is -1.97. The monoisotopic (exact) mass is 220 g/mol. The molecule has 0 heterocycles. The fourth-order valence-electron chi connectivity index (χ4n) is 1.15. The van der Waals surface area contributed by atoms with Crippen molar-refractivity contribution in [3.63, 3.8) is 0 Å². The lowest BCUT2D eigenvalue weighted by molar-refractivity contribution is -0.133. The number of hydrogen-bond donors (Lipinski definition) is 1. The van der Waals surface area contributed by atoms with Gasteiger partial charge in [-0.3, -0.25) is 4.79 Å². The zero-order valence-corrected chi connectivity index (χ0v) is 9.32. The number of carbonyl (C=O) groups is 2. The number of benzene rings is 1. The maximum absolute atomic E-state index is 11.2. The molecule has 0 spiro atoms. The van der Waals surface area contributed by atoms with Crippen molar-refractivity contribution in [1.29, 1.82) is 0 Å². The van der Waals surface area contributed by atoms with E-state index in [0.29, 0.717) is 11.4 Å². The summed E-state index contributed by atoms with van der Waals surface area (Å²) in [7, 11) is 0. The molecule has 1 aromatic rings. The van der Waals surface area contributed by atoms with Gasteiger partial charge in [0.25, 0.3) is 0 Å². The first-order valence-electron chi connectivity index (χ1n) is 4.98. The van der Waals surface area contributed by atoms with Gasteiger partial charge in [-0.2, -0.15) is 0 Å². The molecule has 0 aliphatic rings. The topological polar surface area (TPSA) is 55.4 Å². The van der Waals surface area contributed by atoms with Gasteiger partial charge in [0.05, 0.1) is 13.3 Å². The van der Waals surface area contributed by atoms with Gasteiger partial charge in [0, 0.05) is 12.6 Å². The average Bonchev–Trinajstić information content (AvgIpc) is 2.20. The minimum atomic E-state index is -0.297. The van der Waals surface area contributed by atoms with Crippen molar-refractivity contribution in [3.8, 4) is 5.75 Å². The van der Waals surface area contributed by atoms with Gasteiger partial charge in [0.2, 0.25) is 5.91 Å². The highest BCUT2D eigenvalue weighted by Crippen LogP contribution is 2.16. The van der Waals surface area contributed by atoms with Crippen LogP contribution in [0, 0.1) is 6.42 Å². The number of anilines is 1. The minimum absolute atomic E-state index is 0.134. The molecule has 0 saturated heterocycles. The third kappa shape index (κ3) is 4.04. The SMILES string of the molecule is C[CH+]CC(=O)Oc1ccc(NC(C)=O)cc1. The molecule has 1 N–H and O–H groups in total. The lowest BCUT2D eigenvalue weighted by Crippen LogP contribution is -2.08. The van der Waals surface area contributed by atoms with Gasteiger partial charge >= 0.3 is 5.97 Å². The van der Waals surface area contributed by atoms with E-state index in [-0.39, 0.29) is 18.3 Å². The molecule has 16 heavy (non-hydrogen) atoms. The molecule has 4 heteroatoms. The number of esters is 1. The largest absolute Gasteiger partial charge is 0.423 e. The summed E-state index contributed by atoms with van der Waals surface area (Å²) >= 11 is 0. The highest BCUT2D eigenvalue weighted by molar-refractivity contribution is 5.88. The van der Waals surface area contributed by atoms with Crippen LogP contribution in [-0.2, 0) is 9.59 Å². The Labute approximate surface area is 94.6 Å². The maximum atomic E-state index is 11.2. The molecule has 0 fully saturated rings. The van der Waals surface area contributed by atoms with Crippen LogP contribution in [0.5, 0.6) is 5.75 Å². The quantitative estimate of drug-likeness (QED) is 0.480. The Morgan fingerprint density at radius 1 is 1.31 bits per heavy atom. The number of amides is 1. The number of hydrogen-bond acceptors (Lipinski definition) is 3. The molecule has 1 aromatic carbocycles. The number of rotatable bonds is 4. The van der Waals surface area contributed by atoms with E-state index in [1.54, 1.807) is 37.6 Å². The fourth-order valence-corrected chi connectivity index (χ4v) is 1.15. The van der Waals surface area contributed by atoms with Crippen LogP contribution in [0.3, 0.4) is 0 Å². The Balaban J connectivity index is 2.57. The van der Waals surface area contributed by atoms with Gasteiger partial charge < -0.3 is 10.1 Å². The Morgan fingerprint density at radius 3 is 2.44 bits per heavy atom. The Kier molecular flexibility index (Phi) is 4.39. The number of nitrogens with one attached hydrogen (secondary N) is 1. The second-order valence-corrected chi connectivity index (χ2v) is 3.29. The highest BCUT2D eigenvalue weighted by Gasteiger charge is 2.07. The summed E-state index contributed by atoms with van der Waals surface area (Å²) in [5.74, 6) is 0.0426. The number of ether oxygens (including phenoxy) is 1. The van der Waals surface area contributed by atoms with E-state index in [9.17, 15) is 9.59 Å². The lowest BCUT2D eigenvalue weighted by atomic mass is 10.3. The summed E-state index contributed by atoms with van der Waals surface area (Å²) in [5.41, 5.74) is 0.675. The summed E-state index contributed by atoms with van der Waals surface area (Å²) in [6.45, 7) is 3.23. The van der Waals surface area contributed by atoms with E-state index in [1.165, 1.54) is 6.92 Å². The average molecular weight is 220 g/mol. The van der Waals surface area contributed by atoms with Crippen LogP contribution in [0.1, 0.15) is 20.3 Å². The predicted molar refractivity (Wildman–Crippen MR) is 61.0 cm³/mol. The van der Waals surface area contributed by atoms with Crippen molar-refractivity contribution in [2.75, 3.05) is 5.32 Å². The second kappa shape index (κ2) is 5.80. The molecule has 0 radical (unpaired) electrons. The van der Waals surface area contributed by atoms with Crippen molar-refractivity contribution < 1.29 is 14.3 Å². The lowest BCUT2D eigenvalue weighted by Gasteiger charge is -2.04. The predicted octanol–water partition coefficient (Wildman–Crippen LogP) is 2.16. The Morgan fingerprint density at radius 2 is 1.94 bits per heavy atom. The summed E-state index contributed by atoms with van der Waals surface area (Å²) in [5, 5.41) is 2.62. The molecule has 0 saturated carbocycles.